The van der Waals surface area contributed by atoms with Crippen molar-refractivity contribution in [3.05, 3.63) is 6.33 Å². The van der Waals surface area contributed by atoms with Gasteiger partial charge < -0.3 is 20.9 Å². The van der Waals surface area contributed by atoms with E-state index in [0.717, 1.165) is 37.8 Å². The van der Waals surface area contributed by atoms with Crippen LogP contribution < -0.4 is 16.0 Å². The molecule has 6 heteroatoms. The van der Waals surface area contributed by atoms with E-state index in [4.69, 9.17) is 5.73 Å². The first kappa shape index (κ1) is 19.8. The van der Waals surface area contributed by atoms with Gasteiger partial charge in [0.25, 0.3) is 0 Å². The van der Waals surface area contributed by atoms with Crippen LogP contribution >= 0.6 is 0 Å². The molecule has 1 aromatic heterocycles. The first-order chi connectivity index (χ1) is 12.0. The van der Waals surface area contributed by atoms with Gasteiger partial charge in [0.05, 0.1) is 0 Å². The Bertz CT molecular complexity index is 501. The van der Waals surface area contributed by atoms with Crippen molar-refractivity contribution in [2.45, 2.75) is 47.0 Å². The Hall–Kier alpha value is -1.56. The van der Waals surface area contributed by atoms with E-state index < -0.39 is 0 Å². The standard InChI is InChI=1S/C19H36N6/c1-15(2)12-25(13-16(3)4)19-17(20)18(22-14-23-19)21-8-11-24-9-6-5-7-10-24/h14-16H,5-13,20H2,1-4H3,(H,21,22,23). The van der Waals surface area contributed by atoms with Crippen LogP contribution in [0.25, 0.3) is 0 Å². The van der Waals surface area contributed by atoms with Crippen molar-refractivity contribution in [1.29, 1.82) is 0 Å². The molecule has 1 aliphatic heterocycles. The number of rotatable bonds is 9. The van der Waals surface area contributed by atoms with Crippen molar-refractivity contribution >= 4 is 17.3 Å². The fourth-order valence-corrected chi connectivity index (χ4v) is 3.42. The third kappa shape index (κ3) is 6.34. The number of piperidine rings is 1. The summed E-state index contributed by atoms with van der Waals surface area (Å²) in [7, 11) is 0. The summed E-state index contributed by atoms with van der Waals surface area (Å²) in [6, 6.07) is 0. The van der Waals surface area contributed by atoms with E-state index in [-0.39, 0.29) is 0 Å². The van der Waals surface area contributed by atoms with Crippen molar-refractivity contribution in [2.24, 2.45) is 11.8 Å². The molecule has 6 nitrogen and oxygen atoms in total. The Labute approximate surface area is 153 Å². The van der Waals surface area contributed by atoms with Crippen LogP contribution in [0.3, 0.4) is 0 Å². The molecule has 0 aliphatic carbocycles. The number of nitrogens with two attached hydrogens (primary N) is 1. The zero-order chi connectivity index (χ0) is 18.2. The molecule has 0 amide bonds. The summed E-state index contributed by atoms with van der Waals surface area (Å²) in [5.74, 6) is 2.74. The predicted octanol–water partition coefficient (Wildman–Crippen LogP) is 3.08. The van der Waals surface area contributed by atoms with Crippen LogP contribution in [0.15, 0.2) is 6.33 Å². The molecule has 0 atom stereocenters. The number of nitrogens with one attached hydrogen (secondary N) is 1. The summed E-state index contributed by atoms with van der Waals surface area (Å²) >= 11 is 0. The molecule has 2 rings (SSSR count). The summed E-state index contributed by atoms with van der Waals surface area (Å²) in [5.41, 5.74) is 7.08. The van der Waals surface area contributed by atoms with Crippen LogP contribution in [0.5, 0.6) is 0 Å². The van der Waals surface area contributed by atoms with Crippen LogP contribution in [0.1, 0.15) is 47.0 Å². The molecular formula is C19H36N6. The van der Waals surface area contributed by atoms with Gasteiger partial charge in [-0.1, -0.05) is 34.1 Å². The molecule has 2 heterocycles. The zero-order valence-electron chi connectivity index (χ0n) is 16.5. The van der Waals surface area contributed by atoms with Crippen LogP contribution in [-0.2, 0) is 0 Å². The lowest BCUT2D eigenvalue weighted by molar-refractivity contribution is 0.237. The van der Waals surface area contributed by atoms with Gasteiger partial charge in [0.1, 0.15) is 12.0 Å². The van der Waals surface area contributed by atoms with Gasteiger partial charge in [-0.15, -0.1) is 0 Å². The van der Waals surface area contributed by atoms with Gasteiger partial charge in [0.15, 0.2) is 11.6 Å². The van der Waals surface area contributed by atoms with Crippen molar-refractivity contribution in [3.63, 3.8) is 0 Å². The van der Waals surface area contributed by atoms with Gasteiger partial charge in [-0.25, -0.2) is 9.97 Å². The van der Waals surface area contributed by atoms with Crippen LogP contribution in [0.4, 0.5) is 17.3 Å². The normalized spacial score (nSPS) is 15.8. The number of nitrogen functional groups attached to an aromatic ring is 1. The fourth-order valence-electron chi connectivity index (χ4n) is 3.42. The van der Waals surface area contributed by atoms with E-state index in [1.54, 1.807) is 6.33 Å². The van der Waals surface area contributed by atoms with Gasteiger partial charge in [-0.2, -0.15) is 0 Å². The third-order valence-electron chi connectivity index (χ3n) is 4.50. The number of likely N-dealkylation sites (tertiary alicyclic amines) is 1. The highest BCUT2D eigenvalue weighted by atomic mass is 15.2. The van der Waals surface area contributed by atoms with E-state index in [1.807, 2.05) is 0 Å². The summed E-state index contributed by atoms with van der Waals surface area (Å²) in [5, 5.41) is 3.42. The second-order valence-electron chi connectivity index (χ2n) is 7.98. The van der Waals surface area contributed by atoms with E-state index in [1.165, 1.54) is 32.4 Å². The van der Waals surface area contributed by atoms with Crippen LogP contribution in [-0.4, -0.2) is 54.1 Å². The highest BCUT2D eigenvalue weighted by molar-refractivity contribution is 5.74. The Kier molecular flexibility index (Phi) is 7.75. The summed E-state index contributed by atoms with van der Waals surface area (Å²) in [6.45, 7) is 15.1. The van der Waals surface area contributed by atoms with Crippen molar-refractivity contribution in [1.82, 2.24) is 14.9 Å². The van der Waals surface area contributed by atoms with Crippen molar-refractivity contribution in [3.8, 4) is 0 Å². The summed E-state index contributed by atoms with van der Waals surface area (Å²) in [4.78, 5) is 13.7. The maximum absolute atomic E-state index is 6.41. The second-order valence-corrected chi connectivity index (χ2v) is 7.98. The van der Waals surface area contributed by atoms with Gasteiger partial charge in [0, 0.05) is 26.2 Å². The van der Waals surface area contributed by atoms with Crippen LogP contribution in [0, 0.1) is 11.8 Å². The molecule has 1 aliphatic rings. The van der Waals surface area contributed by atoms with E-state index in [9.17, 15) is 0 Å². The first-order valence-electron chi connectivity index (χ1n) is 9.79. The van der Waals surface area contributed by atoms with Gasteiger partial charge in [-0.05, 0) is 37.8 Å². The van der Waals surface area contributed by atoms with Gasteiger partial charge in [0.2, 0.25) is 0 Å². The number of hydrogen-bond donors (Lipinski definition) is 2. The van der Waals surface area contributed by atoms with E-state index in [2.05, 4.69) is 52.8 Å². The lowest BCUT2D eigenvalue weighted by Gasteiger charge is -2.29. The Morgan fingerprint density at radius 3 is 2.32 bits per heavy atom. The largest absolute Gasteiger partial charge is 0.393 e. The predicted molar refractivity (Wildman–Crippen MR) is 107 cm³/mol. The maximum atomic E-state index is 6.41. The minimum absolute atomic E-state index is 0.559. The van der Waals surface area contributed by atoms with E-state index in [0.29, 0.717) is 17.5 Å². The lowest BCUT2D eigenvalue weighted by atomic mass is 10.1. The molecule has 0 bridgehead atoms. The second kappa shape index (κ2) is 9.80. The number of nitrogens with zero attached hydrogens (tertiary/aromatic N) is 4. The highest BCUT2D eigenvalue weighted by Gasteiger charge is 2.17. The van der Waals surface area contributed by atoms with Gasteiger partial charge in [-0.3, -0.25) is 0 Å². The SMILES string of the molecule is CC(C)CN(CC(C)C)c1ncnc(NCCN2CCCCC2)c1N. The lowest BCUT2D eigenvalue weighted by Crippen LogP contribution is -2.34. The smallest absolute Gasteiger partial charge is 0.157 e. The number of hydrogen-bond acceptors (Lipinski definition) is 6. The minimum Gasteiger partial charge on any atom is -0.393 e. The monoisotopic (exact) mass is 348 g/mol. The molecule has 3 N–H and O–H groups in total. The zero-order valence-corrected chi connectivity index (χ0v) is 16.5. The third-order valence-corrected chi connectivity index (χ3v) is 4.50. The quantitative estimate of drug-likeness (QED) is 0.715. The summed E-state index contributed by atoms with van der Waals surface area (Å²) in [6.07, 6.45) is 5.63. The Morgan fingerprint density at radius 1 is 1.08 bits per heavy atom. The molecule has 1 aromatic rings. The van der Waals surface area contributed by atoms with Crippen molar-refractivity contribution in [2.75, 3.05) is 55.2 Å². The Balaban J connectivity index is 2.00. The molecule has 0 aromatic carbocycles. The molecule has 142 valence electrons. The maximum Gasteiger partial charge on any atom is 0.157 e. The number of aromatic nitrogens is 2. The average Bonchev–Trinajstić information content (AvgIpc) is 2.56. The molecule has 0 unspecified atom stereocenters. The molecule has 1 fully saturated rings. The molecule has 0 radical (unpaired) electrons. The van der Waals surface area contributed by atoms with Gasteiger partial charge >= 0.3 is 0 Å². The number of anilines is 3. The molecule has 1 saturated heterocycles. The highest BCUT2D eigenvalue weighted by Crippen LogP contribution is 2.27. The topological polar surface area (TPSA) is 70.3 Å². The fraction of sp³-hybridized carbons (Fsp3) is 0.789. The minimum atomic E-state index is 0.559. The molecular weight excluding hydrogens is 312 g/mol. The first-order valence-corrected chi connectivity index (χ1v) is 9.79. The molecule has 0 spiro atoms. The van der Waals surface area contributed by atoms with Crippen LogP contribution in [0.2, 0.25) is 0 Å². The van der Waals surface area contributed by atoms with Crippen molar-refractivity contribution < 1.29 is 0 Å². The average molecular weight is 349 g/mol. The van der Waals surface area contributed by atoms with E-state index >= 15 is 0 Å². The summed E-state index contributed by atoms with van der Waals surface area (Å²) < 4.78 is 0. The molecule has 25 heavy (non-hydrogen) atoms. The molecule has 0 saturated carbocycles. The Morgan fingerprint density at radius 2 is 1.72 bits per heavy atom.